The molecule has 1 saturated carbocycles. The average molecular weight is 330 g/mol. The van der Waals surface area contributed by atoms with Gasteiger partial charge in [0, 0.05) is 16.9 Å². The zero-order chi connectivity index (χ0) is 13.8. The Labute approximate surface area is 120 Å². The Morgan fingerprint density at radius 2 is 2.21 bits per heavy atom. The van der Waals surface area contributed by atoms with Crippen molar-refractivity contribution in [1.82, 2.24) is 5.32 Å². The van der Waals surface area contributed by atoms with Crippen molar-refractivity contribution in [2.24, 2.45) is 0 Å². The molecule has 2 rings (SSSR count). The highest BCUT2D eigenvalue weighted by molar-refractivity contribution is 9.10. The number of halogens is 2. The maximum atomic E-state index is 13.7. The van der Waals surface area contributed by atoms with Crippen LogP contribution in [0, 0.1) is 5.82 Å². The Hall–Kier alpha value is -0.940. The number of carboxylic acids is 1. The molecule has 0 radical (unpaired) electrons. The van der Waals surface area contributed by atoms with Gasteiger partial charge >= 0.3 is 5.97 Å². The molecule has 19 heavy (non-hydrogen) atoms. The first-order chi connectivity index (χ1) is 9.06. The lowest BCUT2D eigenvalue weighted by Gasteiger charge is -2.36. The van der Waals surface area contributed by atoms with Crippen LogP contribution in [0.1, 0.15) is 37.2 Å². The summed E-state index contributed by atoms with van der Waals surface area (Å²) in [4.78, 5) is 10.4. The second kappa shape index (κ2) is 6.48. The zero-order valence-corrected chi connectivity index (χ0v) is 12.1. The van der Waals surface area contributed by atoms with Crippen LogP contribution in [0.2, 0.25) is 0 Å². The van der Waals surface area contributed by atoms with Gasteiger partial charge in [-0.3, -0.25) is 4.79 Å². The molecule has 0 aliphatic heterocycles. The lowest BCUT2D eigenvalue weighted by Crippen LogP contribution is -2.40. The number of carboxylic acid groups (broad SMARTS) is 1. The Kier molecular flexibility index (Phi) is 4.93. The first kappa shape index (κ1) is 14.5. The zero-order valence-electron chi connectivity index (χ0n) is 10.5. The number of nitrogens with one attached hydrogen (secondary N) is 1. The summed E-state index contributed by atoms with van der Waals surface area (Å²) in [5.41, 5.74) is 0.784. The van der Waals surface area contributed by atoms with Crippen LogP contribution < -0.4 is 5.32 Å². The minimum atomic E-state index is -0.759. The summed E-state index contributed by atoms with van der Waals surface area (Å²) < 4.78 is 14.5. The molecule has 0 unspecified atom stereocenters. The maximum absolute atomic E-state index is 13.7. The van der Waals surface area contributed by atoms with E-state index in [1.807, 2.05) is 12.1 Å². The number of carbonyl (C=O) groups is 1. The fraction of sp³-hybridized carbons (Fsp3) is 0.500. The smallest absolute Gasteiger partial charge is 0.303 e. The minimum absolute atomic E-state index is 0.149. The molecular weight excluding hydrogens is 313 g/mol. The van der Waals surface area contributed by atoms with Crippen molar-refractivity contribution in [3.63, 3.8) is 0 Å². The summed E-state index contributed by atoms with van der Waals surface area (Å²) in [6, 6.07) is 5.60. The van der Waals surface area contributed by atoms with Gasteiger partial charge in [0.05, 0.1) is 0 Å². The van der Waals surface area contributed by atoms with Gasteiger partial charge in [0.15, 0.2) is 0 Å². The van der Waals surface area contributed by atoms with Crippen LogP contribution >= 0.6 is 15.9 Å². The van der Waals surface area contributed by atoms with E-state index in [0.717, 1.165) is 22.9 Å². The highest BCUT2D eigenvalue weighted by Crippen LogP contribution is 2.38. The van der Waals surface area contributed by atoms with Crippen LogP contribution in [0.5, 0.6) is 0 Å². The third-order valence-corrected chi connectivity index (χ3v) is 4.03. The molecule has 0 atom stereocenters. The summed E-state index contributed by atoms with van der Waals surface area (Å²) >= 11 is 3.25. The van der Waals surface area contributed by atoms with Crippen molar-refractivity contribution in [1.29, 1.82) is 0 Å². The molecule has 104 valence electrons. The Morgan fingerprint density at radius 3 is 2.84 bits per heavy atom. The van der Waals surface area contributed by atoms with Gasteiger partial charge in [0.25, 0.3) is 0 Å². The van der Waals surface area contributed by atoms with Gasteiger partial charge in [0.2, 0.25) is 0 Å². The Bertz CT molecular complexity index is 461. The first-order valence-electron chi connectivity index (χ1n) is 6.46. The van der Waals surface area contributed by atoms with Crippen molar-refractivity contribution >= 4 is 21.9 Å². The van der Waals surface area contributed by atoms with Crippen LogP contribution in [0.15, 0.2) is 22.7 Å². The summed E-state index contributed by atoms with van der Waals surface area (Å²) in [5, 5.41) is 11.8. The van der Waals surface area contributed by atoms with Gasteiger partial charge in [0.1, 0.15) is 5.82 Å². The molecule has 2 N–H and O–H groups in total. The third kappa shape index (κ3) is 4.01. The van der Waals surface area contributed by atoms with Crippen molar-refractivity contribution in [2.75, 3.05) is 6.54 Å². The highest BCUT2D eigenvalue weighted by Gasteiger charge is 2.31. The van der Waals surface area contributed by atoms with E-state index in [1.54, 1.807) is 0 Å². The van der Waals surface area contributed by atoms with E-state index in [1.165, 1.54) is 6.07 Å². The molecule has 0 saturated heterocycles. The second-order valence-corrected chi connectivity index (χ2v) is 5.90. The predicted octanol–water partition coefficient (Wildman–Crippen LogP) is 3.29. The molecule has 1 aliphatic carbocycles. The molecule has 0 aromatic heterocycles. The maximum Gasteiger partial charge on any atom is 0.303 e. The van der Waals surface area contributed by atoms with Gasteiger partial charge in [-0.05, 0) is 49.4 Å². The standard InChI is InChI=1S/C14H17BrFNO2/c15-10-3-4-12(13(16)8-10)9-6-11(7-9)17-5-1-2-14(18)19/h3-4,8-9,11,17H,1-2,5-7H2,(H,18,19). The van der Waals surface area contributed by atoms with Crippen molar-refractivity contribution in [3.8, 4) is 0 Å². The summed E-state index contributed by atoms with van der Waals surface area (Å²) in [7, 11) is 0. The van der Waals surface area contributed by atoms with E-state index >= 15 is 0 Å². The van der Waals surface area contributed by atoms with Crippen molar-refractivity contribution in [2.45, 2.75) is 37.6 Å². The summed E-state index contributed by atoms with van der Waals surface area (Å²) in [5.74, 6) is -0.626. The first-order valence-corrected chi connectivity index (χ1v) is 7.25. The van der Waals surface area contributed by atoms with Gasteiger partial charge in [-0.1, -0.05) is 22.0 Å². The van der Waals surface area contributed by atoms with E-state index in [-0.39, 0.29) is 18.2 Å². The number of hydrogen-bond acceptors (Lipinski definition) is 2. The fourth-order valence-electron chi connectivity index (χ4n) is 2.42. The van der Waals surface area contributed by atoms with Crippen LogP contribution in [0.4, 0.5) is 4.39 Å². The number of rotatable bonds is 6. The van der Waals surface area contributed by atoms with Crippen molar-refractivity contribution < 1.29 is 14.3 Å². The van der Waals surface area contributed by atoms with Gasteiger partial charge in [-0.2, -0.15) is 0 Å². The predicted molar refractivity (Wildman–Crippen MR) is 74.7 cm³/mol. The summed E-state index contributed by atoms with van der Waals surface area (Å²) in [6.45, 7) is 0.715. The second-order valence-electron chi connectivity index (χ2n) is 4.98. The quantitative estimate of drug-likeness (QED) is 0.787. The molecule has 1 aliphatic rings. The van der Waals surface area contributed by atoms with E-state index < -0.39 is 5.97 Å². The number of hydrogen-bond donors (Lipinski definition) is 2. The Morgan fingerprint density at radius 1 is 1.47 bits per heavy atom. The SMILES string of the molecule is O=C(O)CCCNC1CC(c2ccc(Br)cc2F)C1. The lowest BCUT2D eigenvalue weighted by molar-refractivity contribution is -0.137. The van der Waals surface area contributed by atoms with Gasteiger partial charge in [-0.15, -0.1) is 0 Å². The third-order valence-electron chi connectivity index (χ3n) is 3.54. The average Bonchev–Trinajstić information content (AvgIpc) is 2.28. The largest absolute Gasteiger partial charge is 0.481 e. The molecule has 1 aromatic carbocycles. The van der Waals surface area contributed by atoms with E-state index in [4.69, 9.17) is 5.11 Å². The normalized spacial score (nSPS) is 22.0. The van der Waals surface area contributed by atoms with Gasteiger partial charge in [-0.25, -0.2) is 4.39 Å². The van der Waals surface area contributed by atoms with Crippen molar-refractivity contribution in [3.05, 3.63) is 34.1 Å². The molecule has 0 heterocycles. The van der Waals surface area contributed by atoms with Crippen LogP contribution in [-0.4, -0.2) is 23.7 Å². The van der Waals surface area contributed by atoms with Crippen LogP contribution in [0.3, 0.4) is 0 Å². The van der Waals surface area contributed by atoms with Gasteiger partial charge < -0.3 is 10.4 Å². The van der Waals surface area contributed by atoms with E-state index in [9.17, 15) is 9.18 Å². The molecule has 3 nitrogen and oxygen atoms in total. The van der Waals surface area contributed by atoms with E-state index in [0.29, 0.717) is 19.0 Å². The number of aliphatic carboxylic acids is 1. The monoisotopic (exact) mass is 329 g/mol. The molecule has 5 heteroatoms. The highest BCUT2D eigenvalue weighted by atomic mass is 79.9. The molecular formula is C14H17BrFNO2. The Balaban J connectivity index is 1.72. The minimum Gasteiger partial charge on any atom is -0.481 e. The topological polar surface area (TPSA) is 49.3 Å². The van der Waals surface area contributed by atoms with Crippen LogP contribution in [-0.2, 0) is 4.79 Å². The molecule has 0 bridgehead atoms. The fourth-order valence-corrected chi connectivity index (χ4v) is 2.75. The number of benzene rings is 1. The lowest BCUT2D eigenvalue weighted by atomic mass is 9.75. The molecule has 1 fully saturated rings. The molecule has 0 amide bonds. The molecule has 1 aromatic rings. The summed E-state index contributed by atoms with van der Waals surface area (Å²) in [6.07, 6.45) is 2.69. The van der Waals surface area contributed by atoms with E-state index in [2.05, 4.69) is 21.2 Å². The van der Waals surface area contributed by atoms with Crippen LogP contribution in [0.25, 0.3) is 0 Å². The molecule has 0 spiro atoms.